The lowest BCUT2D eigenvalue weighted by atomic mass is 9.88. The molecule has 38 heavy (non-hydrogen) atoms. The topological polar surface area (TPSA) is 43.2 Å². The van der Waals surface area contributed by atoms with E-state index in [-0.39, 0.29) is 37.8 Å². The predicted molar refractivity (Wildman–Crippen MR) is 152 cm³/mol. The van der Waals surface area contributed by atoms with Gasteiger partial charge in [-0.25, -0.2) is 9.98 Å². The Hall–Kier alpha value is -2.83. The van der Waals surface area contributed by atoms with Gasteiger partial charge in [-0.2, -0.15) is 13.2 Å². The Morgan fingerprint density at radius 3 is 1.55 bits per heavy atom. The zero-order valence-corrected chi connectivity index (χ0v) is 22.5. The van der Waals surface area contributed by atoms with Crippen LogP contribution in [-0.4, -0.2) is 37.1 Å². The molecule has 4 rings (SSSR count). The van der Waals surface area contributed by atoms with E-state index in [0.29, 0.717) is 24.7 Å². The smallest absolute Gasteiger partial charge is 0.416 e. The van der Waals surface area contributed by atoms with Crippen LogP contribution in [0.25, 0.3) is 0 Å². The van der Waals surface area contributed by atoms with Gasteiger partial charge in [-0.3, -0.25) is 0 Å². The average Bonchev–Trinajstić information content (AvgIpc) is 3.44. The van der Waals surface area contributed by atoms with Crippen molar-refractivity contribution >= 4 is 11.8 Å². The Morgan fingerprint density at radius 1 is 0.684 bits per heavy atom. The van der Waals surface area contributed by atoms with Crippen molar-refractivity contribution < 1.29 is 22.6 Å². The summed E-state index contributed by atoms with van der Waals surface area (Å²) >= 11 is 0. The minimum absolute atomic E-state index is 0. The summed E-state index contributed by atoms with van der Waals surface area (Å²) < 4.78 is 49.5. The number of nitrogens with zero attached hydrogens (tertiary/aromatic N) is 2. The van der Waals surface area contributed by atoms with Crippen LogP contribution in [0.4, 0.5) is 13.2 Å². The van der Waals surface area contributed by atoms with Gasteiger partial charge in [0.25, 0.3) is 0 Å². The zero-order chi connectivity index (χ0) is 26.9. The van der Waals surface area contributed by atoms with Crippen molar-refractivity contribution in [3.05, 3.63) is 70.3 Å². The second-order valence-corrected chi connectivity index (χ2v) is 11.6. The SMILES string of the molecule is C.C.Cc1ccc(C(F)(F)F)cc1C1=N[C@@H](C(C)(C)C)CO1.Cc1ccccc1C1=N[C@@H](C(C)(C)C)CO1. The second kappa shape index (κ2) is 12.4. The molecule has 0 unspecified atom stereocenters. The Bertz CT molecular complexity index is 1140. The fourth-order valence-electron chi connectivity index (χ4n) is 3.77. The van der Waals surface area contributed by atoms with Crippen LogP contribution < -0.4 is 0 Å². The molecule has 4 nitrogen and oxygen atoms in total. The minimum Gasteiger partial charge on any atom is -0.475 e. The number of ether oxygens (including phenoxy) is 2. The lowest BCUT2D eigenvalue weighted by Crippen LogP contribution is -2.25. The van der Waals surface area contributed by atoms with Gasteiger partial charge in [0.15, 0.2) is 0 Å². The van der Waals surface area contributed by atoms with E-state index < -0.39 is 11.7 Å². The molecule has 2 aromatic carbocycles. The molecule has 2 aromatic rings. The summed E-state index contributed by atoms with van der Waals surface area (Å²) in [6.45, 7) is 17.7. The van der Waals surface area contributed by atoms with Gasteiger partial charge in [0.1, 0.15) is 13.2 Å². The molecule has 0 spiro atoms. The van der Waals surface area contributed by atoms with E-state index in [0.717, 1.165) is 29.2 Å². The first-order valence-corrected chi connectivity index (χ1v) is 12.2. The molecule has 0 fully saturated rings. The largest absolute Gasteiger partial charge is 0.475 e. The normalized spacial score (nSPS) is 19.0. The van der Waals surface area contributed by atoms with Crippen molar-refractivity contribution in [2.45, 2.75) is 88.5 Å². The fourth-order valence-corrected chi connectivity index (χ4v) is 3.77. The maximum absolute atomic E-state index is 12.8. The molecule has 0 N–H and O–H groups in total. The van der Waals surface area contributed by atoms with Gasteiger partial charge in [0.2, 0.25) is 11.8 Å². The van der Waals surface area contributed by atoms with Gasteiger partial charge in [0, 0.05) is 11.1 Å². The lowest BCUT2D eigenvalue weighted by Gasteiger charge is -2.21. The number of benzene rings is 2. The van der Waals surface area contributed by atoms with Gasteiger partial charge in [-0.05, 0) is 54.0 Å². The van der Waals surface area contributed by atoms with Crippen LogP contribution in [0.1, 0.15) is 84.2 Å². The molecule has 0 saturated heterocycles. The van der Waals surface area contributed by atoms with Crippen molar-refractivity contribution in [1.82, 2.24) is 0 Å². The molecule has 0 aliphatic carbocycles. The Morgan fingerprint density at radius 2 is 1.13 bits per heavy atom. The molecule has 0 aromatic heterocycles. The zero-order valence-electron chi connectivity index (χ0n) is 22.5. The molecule has 2 aliphatic rings. The molecule has 212 valence electrons. The quantitative estimate of drug-likeness (QED) is 0.387. The van der Waals surface area contributed by atoms with Crippen LogP contribution in [-0.2, 0) is 15.7 Å². The maximum Gasteiger partial charge on any atom is 0.416 e. The third kappa shape index (κ3) is 8.08. The molecule has 0 saturated carbocycles. The molecule has 0 bridgehead atoms. The highest BCUT2D eigenvalue weighted by atomic mass is 19.4. The molecule has 0 radical (unpaired) electrons. The van der Waals surface area contributed by atoms with E-state index in [4.69, 9.17) is 9.47 Å². The van der Waals surface area contributed by atoms with Gasteiger partial charge < -0.3 is 9.47 Å². The predicted octanol–water partition coefficient (Wildman–Crippen LogP) is 8.66. The van der Waals surface area contributed by atoms with Crippen molar-refractivity contribution in [2.75, 3.05) is 13.2 Å². The van der Waals surface area contributed by atoms with Gasteiger partial charge >= 0.3 is 6.18 Å². The summed E-state index contributed by atoms with van der Waals surface area (Å²) in [5, 5.41) is 0. The fraction of sp³-hybridized carbons (Fsp3) is 0.548. The third-order valence-corrected chi connectivity index (χ3v) is 6.47. The number of hydrogen-bond acceptors (Lipinski definition) is 4. The first-order chi connectivity index (χ1) is 16.6. The molecule has 0 amide bonds. The summed E-state index contributed by atoms with van der Waals surface area (Å²) in [5.41, 5.74) is 2.91. The molecular weight excluding hydrogens is 489 g/mol. The van der Waals surface area contributed by atoms with E-state index in [1.54, 1.807) is 6.92 Å². The summed E-state index contributed by atoms with van der Waals surface area (Å²) in [4.78, 5) is 9.13. The maximum atomic E-state index is 12.8. The summed E-state index contributed by atoms with van der Waals surface area (Å²) in [6, 6.07) is 12.1. The number of halogens is 3. The number of aliphatic imine (C=N–C) groups is 2. The first-order valence-electron chi connectivity index (χ1n) is 12.2. The van der Waals surface area contributed by atoms with Crippen molar-refractivity contribution in [1.29, 1.82) is 0 Å². The standard InChI is InChI=1S/C15H18F3NO.C14H19NO.2CH4/c1-9-5-6-10(15(16,17)18)7-11(9)13-19-12(8-20-13)14(2,3)4;1-10-7-5-6-8-11(10)13-15-12(9-16-13)14(2,3)4;;/h5-7,12H,8H2,1-4H3;5-8,12H,9H2,1-4H3;2*1H4/t2*12-;;/m11../s1. The van der Waals surface area contributed by atoms with Crippen LogP contribution in [0.15, 0.2) is 52.4 Å². The molecule has 7 heteroatoms. The van der Waals surface area contributed by atoms with Crippen molar-refractivity contribution in [3.63, 3.8) is 0 Å². The summed E-state index contributed by atoms with van der Waals surface area (Å²) in [5.74, 6) is 1.12. The van der Waals surface area contributed by atoms with E-state index >= 15 is 0 Å². The van der Waals surface area contributed by atoms with Crippen molar-refractivity contribution in [3.8, 4) is 0 Å². The highest BCUT2D eigenvalue weighted by molar-refractivity contribution is 5.97. The number of rotatable bonds is 2. The minimum atomic E-state index is -4.36. The first kappa shape index (κ1) is 33.2. The summed E-state index contributed by atoms with van der Waals surface area (Å²) in [6.07, 6.45) is -4.36. The van der Waals surface area contributed by atoms with Gasteiger partial charge in [-0.1, -0.05) is 80.7 Å². The van der Waals surface area contributed by atoms with Crippen LogP contribution in [0.2, 0.25) is 0 Å². The van der Waals surface area contributed by atoms with Crippen LogP contribution in [0.3, 0.4) is 0 Å². The molecular formula is C31H45F3N2O2. The van der Waals surface area contributed by atoms with Crippen LogP contribution in [0.5, 0.6) is 0 Å². The van der Waals surface area contributed by atoms with Crippen LogP contribution in [0, 0.1) is 24.7 Å². The Kier molecular flexibility index (Phi) is 10.8. The molecule has 2 atom stereocenters. The van der Waals surface area contributed by atoms with E-state index in [1.807, 2.05) is 32.9 Å². The van der Waals surface area contributed by atoms with Gasteiger partial charge in [-0.15, -0.1) is 0 Å². The molecule has 2 aliphatic heterocycles. The lowest BCUT2D eigenvalue weighted by molar-refractivity contribution is -0.137. The number of aryl methyl sites for hydroxylation is 2. The van der Waals surface area contributed by atoms with Crippen LogP contribution >= 0.6 is 0 Å². The van der Waals surface area contributed by atoms with E-state index in [1.165, 1.54) is 11.6 Å². The Labute approximate surface area is 227 Å². The Balaban J connectivity index is 0.000000368. The average molecular weight is 535 g/mol. The monoisotopic (exact) mass is 534 g/mol. The van der Waals surface area contributed by atoms with Crippen molar-refractivity contribution in [2.24, 2.45) is 20.8 Å². The van der Waals surface area contributed by atoms with E-state index in [9.17, 15) is 13.2 Å². The third-order valence-electron chi connectivity index (χ3n) is 6.47. The highest BCUT2D eigenvalue weighted by Crippen LogP contribution is 2.33. The highest BCUT2D eigenvalue weighted by Gasteiger charge is 2.34. The summed E-state index contributed by atoms with van der Waals surface area (Å²) in [7, 11) is 0. The van der Waals surface area contributed by atoms with E-state index in [2.05, 4.69) is 49.8 Å². The molecule has 2 heterocycles. The number of alkyl halides is 3. The van der Waals surface area contributed by atoms with Gasteiger partial charge in [0.05, 0.1) is 17.6 Å². The number of hydrogen-bond donors (Lipinski definition) is 0. The second-order valence-electron chi connectivity index (χ2n) is 11.6.